The molecule has 5 heteroatoms. The minimum atomic E-state index is -0.394. The molecule has 24 heavy (non-hydrogen) atoms. The summed E-state index contributed by atoms with van der Waals surface area (Å²) in [4.78, 5) is 28.6. The molecule has 2 amide bonds. The first-order valence-electron chi connectivity index (χ1n) is 8.86. The van der Waals surface area contributed by atoms with Crippen molar-refractivity contribution in [2.45, 2.75) is 52.2 Å². The van der Waals surface area contributed by atoms with Gasteiger partial charge in [-0.05, 0) is 38.8 Å². The molecule has 1 atom stereocenters. The quantitative estimate of drug-likeness (QED) is 0.805. The minimum absolute atomic E-state index is 0.0448. The number of piperidine rings is 1. The normalized spacial score (nSPS) is 16.7. The molecule has 2 rings (SSSR count). The monoisotopic (exact) mass is 332 g/mol. The summed E-state index contributed by atoms with van der Waals surface area (Å²) in [5, 5.41) is 0. The van der Waals surface area contributed by atoms with Crippen LogP contribution in [0.4, 0.5) is 5.69 Å². The van der Waals surface area contributed by atoms with E-state index in [-0.39, 0.29) is 17.9 Å². The SMILES string of the molecule is CCO[C@@H](C)C(=O)N1CCC(N(C(=O)CC)c2ccccc2)CC1. The van der Waals surface area contributed by atoms with Crippen LogP contribution in [0.15, 0.2) is 30.3 Å². The number of rotatable bonds is 6. The van der Waals surface area contributed by atoms with Gasteiger partial charge in [0.15, 0.2) is 0 Å². The fourth-order valence-corrected chi connectivity index (χ4v) is 3.24. The molecule has 1 aromatic carbocycles. The first-order chi connectivity index (χ1) is 11.6. The third kappa shape index (κ3) is 4.35. The predicted octanol–water partition coefficient (Wildman–Crippen LogP) is 2.85. The van der Waals surface area contributed by atoms with Crippen LogP contribution in [0.5, 0.6) is 0 Å². The van der Waals surface area contributed by atoms with E-state index < -0.39 is 6.10 Å². The molecule has 0 saturated carbocycles. The van der Waals surface area contributed by atoms with Gasteiger partial charge in [0.2, 0.25) is 5.91 Å². The van der Waals surface area contributed by atoms with Crippen molar-refractivity contribution in [1.82, 2.24) is 4.90 Å². The van der Waals surface area contributed by atoms with Crippen molar-refractivity contribution in [1.29, 1.82) is 0 Å². The molecule has 132 valence electrons. The zero-order valence-corrected chi connectivity index (χ0v) is 14.9. The van der Waals surface area contributed by atoms with E-state index in [4.69, 9.17) is 4.74 Å². The lowest BCUT2D eigenvalue weighted by molar-refractivity contribution is -0.143. The van der Waals surface area contributed by atoms with Crippen molar-refractivity contribution in [3.8, 4) is 0 Å². The summed E-state index contributed by atoms with van der Waals surface area (Å²) in [7, 11) is 0. The van der Waals surface area contributed by atoms with Gasteiger partial charge in [0.05, 0.1) is 0 Å². The Hall–Kier alpha value is -1.88. The number of ether oxygens (including phenoxy) is 1. The number of carbonyl (C=O) groups is 2. The van der Waals surface area contributed by atoms with Crippen molar-refractivity contribution < 1.29 is 14.3 Å². The van der Waals surface area contributed by atoms with Gasteiger partial charge in [-0.1, -0.05) is 25.1 Å². The fraction of sp³-hybridized carbons (Fsp3) is 0.579. The van der Waals surface area contributed by atoms with Crippen molar-refractivity contribution >= 4 is 17.5 Å². The summed E-state index contributed by atoms with van der Waals surface area (Å²) in [6.45, 7) is 7.46. The average Bonchev–Trinajstić information content (AvgIpc) is 2.63. The van der Waals surface area contributed by atoms with Crippen LogP contribution >= 0.6 is 0 Å². The number of hydrogen-bond acceptors (Lipinski definition) is 3. The molecule has 1 aliphatic heterocycles. The van der Waals surface area contributed by atoms with E-state index in [1.54, 1.807) is 6.92 Å². The van der Waals surface area contributed by atoms with Crippen LogP contribution in [-0.2, 0) is 14.3 Å². The highest BCUT2D eigenvalue weighted by atomic mass is 16.5. The second-order valence-corrected chi connectivity index (χ2v) is 6.11. The lowest BCUT2D eigenvalue weighted by atomic mass is 10.0. The van der Waals surface area contributed by atoms with Gasteiger partial charge in [0, 0.05) is 37.8 Å². The molecule has 1 fully saturated rings. The maximum absolute atomic E-state index is 12.4. The van der Waals surface area contributed by atoms with E-state index in [1.807, 2.05) is 54.0 Å². The molecule has 1 aromatic rings. The summed E-state index contributed by atoms with van der Waals surface area (Å²) in [6, 6.07) is 9.95. The van der Waals surface area contributed by atoms with Crippen LogP contribution in [0, 0.1) is 0 Å². The average molecular weight is 332 g/mol. The van der Waals surface area contributed by atoms with Crippen LogP contribution in [0.3, 0.4) is 0 Å². The molecule has 0 N–H and O–H groups in total. The molecule has 0 radical (unpaired) electrons. The summed E-state index contributed by atoms with van der Waals surface area (Å²) < 4.78 is 5.40. The van der Waals surface area contributed by atoms with E-state index in [2.05, 4.69) is 0 Å². The van der Waals surface area contributed by atoms with Crippen LogP contribution < -0.4 is 4.90 Å². The maximum atomic E-state index is 12.4. The Morgan fingerprint density at radius 3 is 2.38 bits per heavy atom. The van der Waals surface area contributed by atoms with E-state index in [9.17, 15) is 9.59 Å². The number of likely N-dealkylation sites (tertiary alicyclic amines) is 1. The van der Waals surface area contributed by atoms with E-state index >= 15 is 0 Å². The third-order valence-corrected chi connectivity index (χ3v) is 4.51. The molecule has 1 heterocycles. The van der Waals surface area contributed by atoms with Crippen LogP contribution in [-0.4, -0.2) is 48.6 Å². The molecular formula is C19H28N2O3. The number of hydrogen-bond donors (Lipinski definition) is 0. The Balaban J connectivity index is 2.03. The van der Waals surface area contributed by atoms with E-state index in [1.165, 1.54) is 0 Å². The number of anilines is 1. The van der Waals surface area contributed by atoms with Gasteiger partial charge < -0.3 is 14.5 Å². The summed E-state index contributed by atoms with van der Waals surface area (Å²) in [6.07, 6.45) is 1.68. The van der Waals surface area contributed by atoms with Gasteiger partial charge in [-0.15, -0.1) is 0 Å². The van der Waals surface area contributed by atoms with Crippen LogP contribution in [0.25, 0.3) is 0 Å². The lowest BCUT2D eigenvalue weighted by Crippen LogP contribution is -2.50. The topological polar surface area (TPSA) is 49.9 Å². The van der Waals surface area contributed by atoms with Gasteiger partial charge in [-0.2, -0.15) is 0 Å². The third-order valence-electron chi connectivity index (χ3n) is 4.51. The number of benzene rings is 1. The number of para-hydroxylation sites is 1. The minimum Gasteiger partial charge on any atom is -0.369 e. The zero-order valence-electron chi connectivity index (χ0n) is 14.9. The zero-order chi connectivity index (χ0) is 17.5. The predicted molar refractivity (Wildman–Crippen MR) is 94.9 cm³/mol. The van der Waals surface area contributed by atoms with Gasteiger partial charge in [0.1, 0.15) is 6.10 Å². The summed E-state index contributed by atoms with van der Waals surface area (Å²) in [5.74, 6) is 0.178. The highest BCUT2D eigenvalue weighted by Gasteiger charge is 2.31. The molecule has 0 unspecified atom stereocenters. The lowest BCUT2D eigenvalue weighted by Gasteiger charge is -2.39. The molecule has 5 nitrogen and oxygen atoms in total. The largest absolute Gasteiger partial charge is 0.369 e. The summed E-state index contributed by atoms with van der Waals surface area (Å²) in [5.41, 5.74) is 0.941. The van der Waals surface area contributed by atoms with Crippen molar-refractivity contribution in [3.05, 3.63) is 30.3 Å². The Kier molecular flexibility index (Phi) is 6.79. The van der Waals surface area contributed by atoms with Crippen LogP contribution in [0.2, 0.25) is 0 Å². The molecule has 0 spiro atoms. The molecule has 1 aliphatic rings. The highest BCUT2D eigenvalue weighted by molar-refractivity contribution is 5.93. The summed E-state index contributed by atoms with van der Waals surface area (Å²) >= 11 is 0. The molecule has 1 saturated heterocycles. The van der Waals surface area contributed by atoms with Gasteiger partial charge in [-0.3, -0.25) is 9.59 Å². The van der Waals surface area contributed by atoms with Crippen LogP contribution in [0.1, 0.15) is 40.0 Å². The smallest absolute Gasteiger partial charge is 0.251 e. The Bertz CT molecular complexity index is 539. The fourth-order valence-electron chi connectivity index (χ4n) is 3.24. The highest BCUT2D eigenvalue weighted by Crippen LogP contribution is 2.25. The number of carbonyl (C=O) groups excluding carboxylic acids is 2. The second kappa shape index (κ2) is 8.83. The first kappa shape index (κ1) is 18.5. The Morgan fingerprint density at radius 2 is 1.83 bits per heavy atom. The van der Waals surface area contributed by atoms with Gasteiger partial charge >= 0.3 is 0 Å². The Morgan fingerprint density at radius 1 is 1.21 bits per heavy atom. The van der Waals surface area contributed by atoms with Crippen molar-refractivity contribution in [2.24, 2.45) is 0 Å². The molecule has 0 bridgehead atoms. The van der Waals surface area contributed by atoms with E-state index in [0.717, 1.165) is 18.5 Å². The van der Waals surface area contributed by atoms with Gasteiger partial charge in [0.25, 0.3) is 5.91 Å². The molecule has 0 aliphatic carbocycles. The second-order valence-electron chi connectivity index (χ2n) is 6.11. The maximum Gasteiger partial charge on any atom is 0.251 e. The first-order valence-corrected chi connectivity index (χ1v) is 8.86. The molecule has 0 aromatic heterocycles. The van der Waals surface area contributed by atoms with Crippen molar-refractivity contribution in [2.75, 3.05) is 24.6 Å². The van der Waals surface area contributed by atoms with E-state index in [0.29, 0.717) is 26.1 Å². The van der Waals surface area contributed by atoms with Crippen molar-refractivity contribution in [3.63, 3.8) is 0 Å². The van der Waals surface area contributed by atoms with Gasteiger partial charge in [-0.25, -0.2) is 0 Å². The standard InChI is InChI=1S/C19H28N2O3/c1-4-18(22)21(16-9-7-6-8-10-16)17-11-13-20(14-12-17)19(23)15(3)24-5-2/h6-10,15,17H,4-5,11-14H2,1-3H3/t15-/m0/s1. The Labute approximate surface area is 144 Å². The molecular weight excluding hydrogens is 304 g/mol. The number of amides is 2. The number of nitrogens with zero attached hydrogens (tertiary/aromatic N) is 2.